The molecule has 0 fully saturated rings. The number of benzene rings is 1. The van der Waals surface area contributed by atoms with Gasteiger partial charge in [0.15, 0.2) is 0 Å². The van der Waals surface area contributed by atoms with Crippen molar-refractivity contribution >= 4 is 25.3 Å². The van der Waals surface area contributed by atoms with Crippen molar-refractivity contribution in [1.82, 2.24) is 4.90 Å². The Labute approximate surface area is 158 Å². The number of nitrogens with zero attached hydrogens (tertiary/aromatic N) is 1. The highest BCUT2D eigenvalue weighted by Crippen LogP contribution is 2.23. The Morgan fingerprint density at radius 3 is 2.19 bits per heavy atom. The molecule has 0 spiro atoms. The first-order chi connectivity index (χ1) is 11.9. The number of methoxy groups -OCH3 is 1. The Morgan fingerprint density at radius 2 is 1.73 bits per heavy atom. The Morgan fingerprint density at radius 1 is 1.19 bits per heavy atom. The summed E-state index contributed by atoms with van der Waals surface area (Å²) in [6, 6.07) is 9.80. The second kappa shape index (κ2) is 8.53. The summed E-state index contributed by atoms with van der Waals surface area (Å²) in [5.74, 6) is -0.491. The Kier molecular flexibility index (Phi) is 7.21. The van der Waals surface area contributed by atoms with Gasteiger partial charge in [0.25, 0.3) is 0 Å². The standard InChI is InChI=1S/C20H31NO4Si/c1-15(16(2)26(7,8)17-12-10-9-11-13-17)21(14-18(22)24-6)19(23)25-20(3,4)5/h9-13,15H,2,14H2,1,3-8H3/t15-/m1/s1. The van der Waals surface area contributed by atoms with E-state index in [4.69, 9.17) is 9.47 Å². The smallest absolute Gasteiger partial charge is 0.411 e. The molecule has 5 nitrogen and oxygen atoms in total. The molecule has 1 aromatic carbocycles. The molecule has 0 bridgehead atoms. The van der Waals surface area contributed by atoms with Crippen LogP contribution in [-0.4, -0.2) is 50.3 Å². The zero-order chi connectivity index (χ0) is 20.1. The third kappa shape index (κ3) is 5.73. The highest BCUT2D eigenvalue weighted by molar-refractivity contribution is 6.95. The first kappa shape index (κ1) is 22.0. The van der Waals surface area contributed by atoms with Gasteiger partial charge >= 0.3 is 12.1 Å². The van der Waals surface area contributed by atoms with E-state index in [1.54, 1.807) is 20.8 Å². The van der Waals surface area contributed by atoms with Gasteiger partial charge in [-0.25, -0.2) is 4.79 Å². The van der Waals surface area contributed by atoms with Crippen molar-refractivity contribution < 1.29 is 19.1 Å². The molecule has 0 aromatic heterocycles. The molecule has 26 heavy (non-hydrogen) atoms. The number of rotatable bonds is 6. The molecule has 0 saturated heterocycles. The van der Waals surface area contributed by atoms with Gasteiger partial charge in [0.1, 0.15) is 20.2 Å². The molecule has 6 heteroatoms. The van der Waals surface area contributed by atoms with Crippen molar-refractivity contribution in [3.63, 3.8) is 0 Å². The quantitative estimate of drug-likeness (QED) is 0.562. The van der Waals surface area contributed by atoms with Crippen molar-refractivity contribution in [1.29, 1.82) is 0 Å². The first-order valence-electron chi connectivity index (χ1n) is 8.71. The predicted molar refractivity (Wildman–Crippen MR) is 107 cm³/mol. The predicted octanol–water partition coefficient (Wildman–Crippen LogP) is 3.50. The van der Waals surface area contributed by atoms with E-state index in [0.29, 0.717) is 0 Å². The number of carbonyl (C=O) groups excluding carboxylic acids is 2. The lowest BCUT2D eigenvalue weighted by molar-refractivity contribution is -0.142. The van der Waals surface area contributed by atoms with E-state index in [1.165, 1.54) is 17.2 Å². The zero-order valence-electron chi connectivity index (χ0n) is 17.0. The highest BCUT2D eigenvalue weighted by atomic mass is 28.3. The summed E-state index contributed by atoms with van der Waals surface area (Å²) in [7, 11) is -0.767. The molecule has 0 radical (unpaired) electrons. The van der Waals surface area contributed by atoms with Crippen LogP contribution in [0.3, 0.4) is 0 Å². The largest absolute Gasteiger partial charge is 0.468 e. The number of ether oxygens (including phenoxy) is 2. The lowest BCUT2D eigenvalue weighted by Crippen LogP contribution is -2.53. The summed E-state index contributed by atoms with van der Waals surface area (Å²) in [6.45, 7) is 15.8. The summed E-state index contributed by atoms with van der Waals surface area (Å²) in [4.78, 5) is 25.9. The molecule has 0 heterocycles. The van der Waals surface area contributed by atoms with E-state index >= 15 is 0 Å². The third-order valence-electron chi connectivity index (χ3n) is 4.43. The minimum Gasteiger partial charge on any atom is -0.468 e. The fourth-order valence-corrected chi connectivity index (χ4v) is 5.23. The monoisotopic (exact) mass is 377 g/mol. The fourth-order valence-electron chi connectivity index (χ4n) is 2.63. The number of hydrogen-bond donors (Lipinski definition) is 0. The summed E-state index contributed by atoms with van der Waals surface area (Å²) < 4.78 is 10.2. The number of esters is 1. The van der Waals surface area contributed by atoms with Gasteiger partial charge in [0.2, 0.25) is 0 Å². The van der Waals surface area contributed by atoms with Crippen LogP contribution in [-0.2, 0) is 14.3 Å². The van der Waals surface area contributed by atoms with Gasteiger partial charge in [-0.05, 0) is 27.7 Å². The molecule has 0 N–H and O–H groups in total. The maximum atomic E-state index is 12.7. The van der Waals surface area contributed by atoms with Crippen LogP contribution >= 0.6 is 0 Å². The number of amides is 1. The second-order valence-electron chi connectivity index (χ2n) is 7.88. The Balaban J connectivity index is 3.13. The second-order valence-corrected chi connectivity index (χ2v) is 12.3. The third-order valence-corrected chi connectivity index (χ3v) is 8.23. The molecular weight excluding hydrogens is 346 g/mol. The normalized spacial score (nSPS) is 12.9. The lowest BCUT2D eigenvalue weighted by Gasteiger charge is -2.37. The van der Waals surface area contributed by atoms with Gasteiger partial charge in [-0.3, -0.25) is 9.69 Å². The molecule has 0 aliphatic heterocycles. The maximum Gasteiger partial charge on any atom is 0.411 e. The first-order valence-corrected chi connectivity index (χ1v) is 11.7. The summed E-state index contributed by atoms with van der Waals surface area (Å²) >= 11 is 0. The van der Waals surface area contributed by atoms with Crippen molar-refractivity contribution in [2.24, 2.45) is 0 Å². The molecule has 1 atom stereocenters. The molecule has 1 amide bonds. The van der Waals surface area contributed by atoms with E-state index in [1.807, 2.05) is 25.1 Å². The maximum absolute atomic E-state index is 12.7. The Hall–Kier alpha value is -2.08. The van der Waals surface area contributed by atoms with Crippen LogP contribution in [0.5, 0.6) is 0 Å². The van der Waals surface area contributed by atoms with Gasteiger partial charge in [-0.2, -0.15) is 0 Å². The van der Waals surface area contributed by atoms with E-state index in [-0.39, 0.29) is 12.6 Å². The number of hydrogen-bond acceptors (Lipinski definition) is 4. The van der Waals surface area contributed by atoms with Gasteiger partial charge in [-0.15, -0.1) is 6.58 Å². The van der Waals surface area contributed by atoms with Crippen molar-refractivity contribution in [2.45, 2.75) is 52.4 Å². The molecule has 0 unspecified atom stereocenters. The van der Waals surface area contributed by atoms with E-state index in [2.05, 4.69) is 31.8 Å². The van der Waals surface area contributed by atoms with E-state index in [9.17, 15) is 9.59 Å². The molecule has 0 aliphatic rings. The average Bonchev–Trinajstić information content (AvgIpc) is 2.57. The Bertz CT molecular complexity index is 650. The molecule has 144 valence electrons. The van der Waals surface area contributed by atoms with Gasteiger partial charge in [0.05, 0.1) is 13.2 Å². The van der Waals surface area contributed by atoms with Crippen LogP contribution in [0.1, 0.15) is 27.7 Å². The van der Waals surface area contributed by atoms with Crippen molar-refractivity contribution in [2.75, 3.05) is 13.7 Å². The van der Waals surface area contributed by atoms with Crippen LogP contribution in [0.2, 0.25) is 13.1 Å². The highest BCUT2D eigenvalue weighted by Gasteiger charge is 2.36. The summed E-state index contributed by atoms with van der Waals surface area (Å²) in [6.07, 6.45) is -0.547. The lowest BCUT2D eigenvalue weighted by atomic mass is 10.2. The van der Waals surface area contributed by atoms with Crippen LogP contribution < -0.4 is 5.19 Å². The molecule has 1 aromatic rings. The van der Waals surface area contributed by atoms with Crippen molar-refractivity contribution in [3.05, 3.63) is 42.1 Å². The fraction of sp³-hybridized carbons (Fsp3) is 0.500. The minimum absolute atomic E-state index is 0.176. The zero-order valence-corrected chi connectivity index (χ0v) is 18.0. The molecule has 0 aliphatic carbocycles. The minimum atomic E-state index is -2.07. The summed E-state index contributed by atoms with van der Waals surface area (Å²) in [5, 5.41) is 2.16. The van der Waals surface area contributed by atoms with Crippen molar-refractivity contribution in [3.8, 4) is 0 Å². The van der Waals surface area contributed by atoms with E-state index < -0.39 is 25.7 Å². The summed E-state index contributed by atoms with van der Waals surface area (Å²) in [5.41, 5.74) is -0.654. The topological polar surface area (TPSA) is 55.8 Å². The molecule has 1 rings (SSSR count). The number of carbonyl (C=O) groups is 2. The van der Waals surface area contributed by atoms with Crippen LogP contribution in [0.4, 0.5) is 4.79 Å². The van der Waals surface area contributed by atoms with Crippen LogP contribution in [0.25, 0.3) is 0 Å². The van der Waals surface area contributed by atoms with Crippen LogP contribution in [0.15, 0.2) is 42.1 Å². The van der Waals surface area contributed by atoms with Crippen LogP contribution in [0, 0.1) is 0 Å². The molecule has 0 saturated carbocycles. The van der Waals surface area contributed by atoms with Gasteiger partial charge in [-0.1, -0.05) is 53.8 Å². The van der Waals surface area contributed by atoms with E-state index in [0.717, 1.165) is 5.20 Å². The molecular formula is C20H31NO4Si. The average molecular weight is 378 g/mol. The van der Waals surface area contributed by atoms with Gasteiger partial charge < -0.3 is 9.47 Å². The SMILES string of the molecule is C=C([C@@H](C)N(CC(=O)OC)C(=O)OC(C)(C)C)[Si](C)(C)c1ccccc1. The van der Waals surface area contributed by atoms with Gasteiger partial charge in [0, 0.05) is 0 Å².